The Labute approximate surface area is 121 Å². The van der Waals surface area contributed by atoms with Crippen LogP contribution in [0, 0.1) is 0 Å². The van der Waals surface area contributed by atoms with E-state index in [1.54, 1.807) is 18.2 Å². The Kier molecular flexibility index (Phi) is 4.45. The molecule has 0 atom stereocenters. The first-order valence-corrected chi connectivity index (χ1v) is 6.62. The van der Waals surface area contributed by atoms with Crippen molar-refractivity contribution < 1.29 is 4.79 Å². The van der Waals surface area contributed by atoms with E-state index in [2.05, 4.69) is 15.5 Å². The molecule has 0 fully saturated rings. The number of amides is 1. The number of nitrogens with one attached hydrogen (secondary N) is 2. The first kappa shape index (κ1) is 13.9. The minimum absolute atomic E-state index is 0.264. The van der Waals surface area contributed by atoms with Crippen molar-refractivity contribution in [3.05, 3.63) is 51.3 Å². The molecule has 2 N–H and O–H groups in total. The van der Waals surface area contributed by atoms with Crippen LogP contribution >= 0.6 is 23.2 Å². The molecule has 0 radical (unpaired) electrons. The van der Waals surface area contributed by atoms with Crippen LogP contribution < -0.4 is 5.32 Å². The van der Waals surface area contributed by atoms with Crippen LogP contribution in [-0.4, -0.2) is 16.1 Å². The van der Waals surface area contributed by atoms with Gasteiger partial charge in [0.15, 0.2) is 0 Å². The Morgan fingerprint density at radius 3 is 2.89 bits per heavy atom. The standard InChI is InChI=1S/C13H13Cl2N3O/c1-2-8-6-9(18-17-8)7-16-13(19)10-4-3-5-11(14)12(10)15/h3-6H,2,7H2,1H3,(H,16,19)(H,17,18). The molecule has 0 spiro atoms. The summed E-state index contributed by atoms with van der Waals surface area (Å²) < 4.78 is 0. The maximum absolute atomic E-state index is 12.0. The molecule has 0 aliphatic heterocycles. The summed E-state index contributed by atoms with van der Waals surface area (Å²) in [6.07, 6.45) is 0.852. The number of aromatic nitrogens is 2. The minimum atomic E-state index is -0.264. The second kappa shape index (κ2) is 6.08. The third kappa shape index (κ3) is 3.28. The topological polar surface area (TPSA) is 57.8 Å². The van der Waals surface area contributed by atoms with Crippen LogP contribution in [0.25, 0.3) is 0 Å². The molecule has 19 heavy (non-hydrogen) atoms. The van der Waals surface area contributed by atoms with Crippen molar-refractivity contribution in [1.82, 2.24) is 15.5 Å². The van der Waals surface area contributed by atoms with E-state index >= 15 is 0 Å². The number of hydrogen-bond acceptors (Lipinski definition) is 2. The lowest BCUT2D eigenvalue weighted by atomic mass is 10.2. The predicted molar refractivity (Wildman–Crippen MR) is 75.6 cm³/mol. The van der Waals surface area contributed by atoms with Crippen LogP contribution in [0.2, 0.25) is 10.0 Å². The van der Waals surface area contributed by atoms with E-state index < -0.39 is 0 Å². The number of aryl methyl sites for hydroxylation is 1. The summed E-state index contributed by atoms with van der Waals surface area (Å²) in [5.74, 6) is -0.264. The van der Waals surface area contributed by atoms with Gasteiger partial charge < -0.3 is 5.32 Å². The van der Waals surface area contributed by atoms with Gasteiger partial charge in [-0.05, 0) is 24.6 Å². The predicted octanol–water partition coefficient (Wildman–Crippen LogP) is 3.21. The number of nitrogens with zero attached hydrogens (tertiary/aromatic N) is 1. The average molecular weight is 298 g/mol. The molecule has 1 amide bonds. The molecule has 0 saturated heterocycles. The summed E-state index contributed by atoms with van der Waals surface area (Å²) in [6.45, 7) is 2.39. The molecular weight excluding hydrogens is 285 g/mol. The zero-order valence-electron chi connectivity index (χ0n) is 10.3. The molecule has 0 unspecified atom stereocenters. The van der Waals surface area contributed by atoms with Crippen molar-refractivity contribution >= 4 is 29.1 Å². The van der Waals surface area contributed by atoms with E-state index in [-0.39, 0.29) is 10.9 Å². The van der Waals surface area contributed by atoms with Crippen LogP contribution in [0.3, 0.4) is 0 Å². The van der Waals surface area contributed by atoms with Crippen molar-refractivity contribution in [2.75, 3.05) is 0 Å². The fourth-order valence-electron chi connectivity index (χ4n) is 1.63. The van der Waals surface area contributed by atoms with Crippen molar-refractivity contribution in [2.45, 2.75) is 19.9 Å². The van der Waals surface area contributed by atoms with Gasteiger partial charge in [0.05, 0.1) is 33.5 Å². The third-order valence-corrected chi connectivity index (χ3v) is 3.50. The van der Waals surface area contributed by atoms with Crippen LogP contribution in [0.4, 0.5) is 0 Å². The van der Waals surface area contributed by atoms with Gasteiger partial charge in [-0.15, -0.1) is 0 Å². The lowest BCUT2D eigenvalue weighted by Crippen LogP contribution is -2.23. The Bertz CT molecular complexity index is 595. The van der Waals surface area contributed by atoms with Gasteiger partial charge in [0, 0.05) is 0 Å². The van der Waals surface area contributed by atoms with E-state index in [0.29, 0.717) is 17.1 Å². The Balaban J connectivity index is 2.03. The fourth-order valence-corrected chi connectivity index (χ4v) is 2.02. The molecule has 2 rings (SSSR count). The van der Waals surface area contributed by atoms with Gasteiger partial charge >= 0.3 is 0 Å². The maximum Gasteiger partial charge on any atom is 0.253 e. The van der Waals surface area contributed by atoms with E-state index in [1.165, 1.54) is 0 Å². The fraction of sp³-hybridized carbons (Fsp3) is 0.231. The molecule has 2 aromatic rings. The average Bonchev–Trinajstić information content (AvgIpc) is 2.87. The Morgan fingerprint density at radius 2 is 2.21 bits per heavy atom. The molecule has 1 aromatic heterocycles. The van der Waals surface area contributed by atoms with Crippen LogP contribution in [0.15, 0.2) is 24.3 Å². The number of halogens is 2. The molecule has 0 aliphatic carbocycles. The highest BCUT2D eigenvalue weighted by Crippen LogP contribution is 2.25. The lowest BCUT2D eigenvalue weighted by Gasteiger charge is -2.06. The molecule has 6 heteroatoms. The van der Waals surface area contributed by atoms with Gasteiger partial charge in [0.2, 0.25) is 0 Å². The summed E-state index contributed by atoms with van der Waals surface area (Å²) in [4.78, 5) is 12.0. The van der Waals surface area contributed by atoms with Crippen molar-refractivity contribution in [3.8, 4) is 0 Å². The molecule has 1 heterocycles. The van der Waals surface area contributed by atoms with E-state index in [4.69, 9.17) is 23.2 Å². The first-order valence-electron chi connectivity index (χ1n) is 5.87. The van der Waals surface area contributed by atoms with Gasteiger partial charge in [-0.3, -0.25) is 9.89 Å². The zero-order valence-corrected chi connectivity index (χ0v) is 11.8. The number of benzene rings is 1. The molecule has 0 saturated carbocycles. The first-order chi connectivity index (χ1) is 9.11. The number of rotatable bonds is 4. The summed E-state index contributed by atoms with van der Waals surface area (Å²) in [6, 6.07) is 6.88. The van der Waals surface area contributed by atoms with Gasteiger partial charge in [0.1, 0.15) is 0 Å². The van der Waals surface area contributed by atoms with Crippen LogP contribution in [-0.2, 0) is 13.0 Å². The molecule has 4 nitrogen and oxygen atoms in total. The molecule has 0 aliphatic rings. The quantitative estimate of drug-likeness (QED) is 0.910. The molecule has 100 valence electrons. The van der Waals surface area contributed by atoms with Gasteiger partial charge in [-0.25, -0.2) is 0 Å². The van der Waals surface area contributed by atoms with Gasteiger partial charge in [-0.1, -0.05) is 36.2 Å². The van der Waals surface area contributed by atoms with E-state index in [9.17, 15) is 4.79 Å². The molecular formula is C13H13Cl2N3O. The highest BCUT2D eigenvalue weighted by atomic mass is 35.5. The highest BCUT2D eigenvalue weighted by molar-refractivity contribution is 6.43. The summed E-state index contributed by atoms with van der Waals surface area (Å²) in [5, 5.41) is 10.4. The molecule has 0 bridgehead atoms. The zero-order chi connectivity index (χ0) is 13.8. The number of hydrogen-bond donors (Lipinski definition) is 2. The van der Waals surface area contributed by atoms with E-state index in [0.717, 1.165) is 17.8 Å². The number of carbonyl (C=O) groups excluding carboxylic acids is 1. The monoisotopic (exact) mass is 297 g/mol. The number of H-pyrrole nitrogens is 1. The van der Waals surface area contributed by atoms with Crippen molar-refractivity contribution in [2.24, 2.45) is 0 Å². The van der Waals surface area contributed by atoms with Crippen LogP contribution in [0.5, 0.6) is 0 Å². The second-order valence-corrected chi connectivity index (χ2v) is 4.81. The number of aromatic amines is 1. The highest BCUT2D eigenvalue weighted by Gasteiger charge is 2.12. The molecule has 1 aromatic carbocycles. The normalized spacial score (nSPS) is 10.5. The number of carbonyl (C=O) groups is 1. The Morgan fingerprint density at radius 1 is 1.42 bits per heavy atom. The van der Waals surface area contributed by atoms with Crippen molar-refractivity contribution in [3.63, 3.8) is 0 Å². The van der Waals surface area contributed by atoms with E-state index in [1.807, 2.05) is 13.0 Å². The summed E-state index contributed by atoms with van der Waals surface area (Å²) in [7, 11) is 0. The summed E-state index contributed by atoms with van der Waals surface area (Å²) in [5.41, 5.74) is 2.18. The lowest BCUT2D eigenvalue weighted by molar-refractivity contribution is 0.0950. The summed E-state index contributed by atoms with van der Waals surface area (Å²) >= 11 is 11.9. The maximum atomic E-state index is 12.0. The second-order valence-electron chi connectivity index (χ2n) is 4.02. The van der Waals surface area contributed by atoms with Gasteiger partial charge in [0.25, 0.3) is 5.91 Å². The largest absolute Gasteiger partial charge is 0.346 e. The SMILES string of the molecule is CCc1cc(CNC(=O)c2cccc(Cl)c2Cl)[nH]n1. The third-order valence-electron chi connectivity index (χ3n) is 2.68. The van der Waals surface area contributed by atoms with Crippen molar-refractivity contribution in [1.29, 1.82) is 0 Å². The minimum Gasteiger partial charge on any atom is -0.346 e. The smallest absolute Gasteiger partial charge is 0.253 e. The Hall–Kier alpha value is -1.52. The van der Waals surface area contributed by atoms with Gasteiger partial charge in [-0.2, -0.15) is 5.10 Å². The van der Waals surface area contributed by atoms with Crippen LogP contribution in [0.1, 0.15) is 28.7 Å².